The van der Waals surface area contributed by atoms with Gasteiger partial charge < -0.3 is 14.5 Å². The Labute approximate surface area is 157 Å². The molecule has 0 radical (unpaired) electrons. The van der Waals surface area contributed by atoms with Gasteiger partial charge in [-0.1, -0.05) is 35.3 Å². The van der Waals surface area contributed by atoms with E-state index in [1.165, 1.54) is 5.69 Å². The molecule has 4 nitrogen and oxygen atoms in total. The summed E-state index contributed by atoms with van der Waals surface area (Å²) >= 11 is 12.0. The lowest BCUT2D eigenvalue weighted by molar-refractivity contribution is 0.0785. The first-order chi connectivity index (χ1) is 12.0. The normalized spacial score (nSPS) is 14.4. The lowest BCUT2D eigenvalue weighted by atomic mass is 10.1. The fourth-order valence-corrected chi connectivity index (χ4v) is 3.34. The molecular weight excluding hydrogens is 359 g/mol. The second-order valence-electron chi connectivity index (χ2n) is 6.05. The SMILES string of the molecule is CN(Cc1ccc(N2CCOCC2)cc1)C(=O)c1ccc(Cl)cc1Cl. The minimum atomic E-state index is -0.126. The van der Waals surface area contributed by atoms with Crippen LogP contribution in [0.15, 0.2) is 42.5 Å². The van der Waals surface area contributed by atoms with Gasteiger partial charge in [-0.2, -0.15) is 0 Å². The highest BCUT2D eigenvalue weighted by Gasteiger charge is 2.16. The van der Waals surface area contributed by atoms with Crippen LogP contribution < -0.4 is 4.90 Å². The van der Waals surface area contributed by atoms with Crippen LogP contribution in [-0.4, -0.2) is 44.2 Å². The second-order valence-corrected chi connectivity index (χ2v) is 6.89. The fraction of sp³-hybridized carbons (Fsp3) is 0.316. The summed E-state index contributed by atoms with van der Waals surface area (Å²) in [5.41, 5.74) is 2.71. The van der Waals surface area contributed by atoms with Crippen LogP contribution in [0.2, 0.25) is 10.0 Å². The molecule has 1 saturated heterocycles. The minimum Gasteiger partial charge on any atom is -0.378 e. The molecule has 0 aromatic heterocycles. The quantitative estimate of drug-likeness (QED) is 0.802. The van der Waals surface area contributed by atoms with E-state index in [1.54, 1.807) is 30.1 Å². The van der Waals surface area contributed by atoms with Crippen LogP contribution in [0.3, 0.4) is 0 Å². The Balaban J connectivity index is 1.65. The van der Waals surface area contributed by atoms with Crippen molar-refractivity contribution in [2.75, 3.05) is 38.3 Å². The molecule has 0 bridgehead atoms. The summed E-state index contributed by atoms with van der Waals surface area (Å²) in [6.45, 7) is 3.86. The van der Waals surface area contributed by atoms with Crippen molar-refractivity contribution in [1.82, 2.24) is 4.90 Å². The van der Waals surface area contributed by atoms with Gasteiger partial charge in [-0.15, -0.1) is 0 Å². The maximum Gasteiger partial charge on any atom is 0.255 e. The molecule has 132 valence electrons. The number of nitrogens with zero attached hydrogens (tertiary/aromatic N) is 2. The third kappa shape index (κ3) is 4.46. The predicted molar refractivity (Wildman–Crippen MR) is 102 cm³/mol. The third-order valence-electron chi connectivity index (χ3n) is 4.24. The van der Waals surface area contributed by atoms with Gasteiger partial charge in [0.25, 0.3) is 5.91 Å². The van der Waals surface area contributed by atoms with Crippen molar-refractivity contribution in [3.05, 3.63) is 63.6 Å². The Morgan fingerprint density at radius 2 is 1.80 bits per heavy atom. The van der Waals surface area contributed by atoms with Crippen LogP contribution >= 0.6 is 23.2 Å². The highest BCUT2D eigenvalue weighted by atomic mass is 35.5. The van der Waals surface area contributed by atoms with Gasteiger partial charge in [0.05, 0.1) is 23.8 Å². The van der Waals surface area contributed by atoms with E-state index in [0.717, 1.165) is 31.9 Å². The lowest BCUT2D eigenvalue weighted by Gasteiger charge is -2.29. The van der Waals surface area contributed by atoms with Crippen molar-refractivity contribution in [2.24, 2.45) is 0 Å². The van der Waals surface area contributed by atoms with E-state index in [-0.39, 0.29) is 5.91 Å². The molecule has 6 heteroatoms. The van der Waals surface area contributed by atoms with Crippen LogP contribution in [0.4, 0.5) is 5.69 Å². The Bertz CT molecular complexity index is 744. The molecule has 2 aromatic carbocycles. The number of morpholine rings is 1. The molecule has 1 aliphatic heterocycles. The summed E-state index contributed by atoms with van der Waals surface area (Å²) in [5, 5.41) is 0.884. The van der Waals surface area contributed by atoms with Crippen LogP contribution in [0, 0.1) is 0 Å². The topological polar surface area (TPSA) is 32.8 Å². The first-order valence-electron chi connectivity index (χ1n) is 8.17. The molecule has 0 saturated carbocycles. The number of anilines is 1. The Hall–Kier alpha value is -1.75. The molecule has 3 rings (SSSR count). The number of ether oxygens (including phenoxy) is 1. The average molecular weight is 379 g/mol. The molecule has 0 aliphatic carbocycles. The molecule has 1 amide bonds. The molecule has 0 spiro atoms. The Morgan fingerprint density at radius 3 is 2.44 bits per heavy atom. The van der Waals surface area contributed by atoms with Crippen molar-refractivity contribution in [3.63, 3.8) is 0 Å². The Kier molecular flexibility index (Phi) is 5.84. The maximum absolute atomic E-state index is 12.6. The van der Waals surface area contributed by atoms with E-state index in [4.69, 9.17) is 27.9 Å². The summed E-state index contributed by atoms with van der Waals surface area (Å²) in [6.07, 6.45) is 0. The van der Waals surface area contributed by atoms with E-state index >= 15 is 0 Å². The minimum absolute atomic E-state index is 0.126. The largest absolute Gasteiger partial charge is 0.378 e. The van der Waals surface area contributed by atoms with Crippen molar-refractivity contribution in [3.8, 4) is 0 Å². The average Bonchev–Trinajstić information content (AvgIpc) is 2.62. The summed E-state index contributed by atoms with van der Waals surface area (Å²) in [5.74, 6) is -0.126. The third-order valence-corrected chi connectivity index (χ3v) is 4.79. The van der Waals surface area contributed by atoms with Crippen molar-refractivity contribution < 1.29 is 9.53 Å². The zero-order chi connectivity index (χ0) is 17.8. The van der Waals surface area contributed by atoms with Gasteiger partial charge in [0, 0.05) is 37.4 Å². The number of carbonyl (C=O) groups excluding carboxylic acids is 1. The molecule has 1 fully saturated rings. The zero-order valence-electron chi connectivity index (χ0n) is 14.0. The summed E-state index contributed by atoms with van der Waals surface area (Å²) < 4.78 is 5.38. The fourth-order valence-electron chi connectivity index (χ4n) is 2.85. The van der Waals surface area contributed by atoms with E-state index < -0.39 is 0 Å². The molecule has 25 heavy (non-hydrogen) atoms. The number of hydrogen-bond donors (Lipinski definition) is 0. The van der Waals surface area contributed by atoms with Crippen molar-refractivity contribution in [2.45, 2.75) is 6.54 Å². The van der Waals surface area contributed by atoms with Crippen LogP contribution in [0.1, 0.15) is 15.9 Å². The van der Waals surface area contributed by atoms with E-state index in [2.05, 4.69) is 29.2 Å². The number of rotatable bonds is 4. The number of amides is 1. The molecule has 1 heterocycles. The molecule has 0 atom stereocenters. The number of hydrogen-bond acceptors (Lipinski definition) is 3. The number of benzene rings is 2. The first-order valence-corrected chi connectivity index (χ1v) is 8.92. The maximum atomic E-state index is 12.6. The molecule has 1 aliphatic rings. The van der Waals surface area contributed by atoms with Gasteiger partial charge in [-0.25, -0.2) is 0 Å². The molecule has 2 aromatic rings. The van der Waals surface area contributed by atoms with E-state index in [1.807, 2.05) is 0 Å². The van der Waals surface area contributed by atoms with Crippen molar-refractivity contribution >= 4 is 34.8 Å². The summed E-state index contributed by atoms with van der Waals surface area (Å²) in [4.78, 5) is 16.5. The zero-order valence-corrected chi connectivity index (χ0v) is 15.6. The van der Waals surface area contributed by atoms with Crippen LogP contribution in [-0.2, 0) is 11.3 Å². The second kappa shape index (κ2) is 8.09. The van der Waals surface area contributed by atoms with Crippen LogP contribution in [0.25, 0.3) is 0 Å². The molecule has 0 N–H and O–H groups in total. The van der Waals surface area contributed by atoms with E-state index in [9.17, 15) is 4.79 Å². The predicted octanol–water partition coefficient (Wildman–Crippen LogP) is 4.10. The van der Waals surface area contributed by atoms with Gasteiger partial charge in [-0.3, -0.25) is 4.79 Å². The van der Waals surface area contributed by atoms with Gasteiger partial charge in [0.2, 0.25) is 0 Å². The van der Waals surface area contributed by atoms with E-state index in [0.29, 0.717) is 22.2 Å². The van der Waals surface area contributed by atoms with Gasteiger partial charge in [0.1, 0.15) is 0 Å². The number of halogens is 2. The molecule has 0 unspecified atom stereocenters. The number of carbonyl (C=O) groups is 1. The van der Waals surface area contributed by atoms with Gasteiger partial charge in [0.15, 0.2) is 0 Å². The lowest BCUT2D eigenvalue weighted by Crippen LogP contribution is -2.36. The molecular formula is C19H20Cl2N2O2. The van der Waals surface area contributed by atoms with Gasteiger partial charge >= 0.3 is 0 Å². The highest BCUT2D eigenvalue weighted by molar-refractivity contribution is 6.36. The first kappa shape index (κ1) is 18.1. The smallest absolute Gasteiger partial charge is 0.255 e. The standard InChI is InChI=1S/C19H20Cl2N2O2/c1-22(19(24)17-7-4-15(20)12-18(17)21)13-14-2-5-16(6-3-14)23-8-10-25-11-9-23/h2-7,12H,8-11,13H2,1H3. The van der Waals surface area contributed by atoms with Crippen LogP contribution in [0.5, 0.6) is 0 Å². The van der Waals surface area contributed by atoms with Gasteiger partial charge in [-0.05, 0) is 35.9 Å². The summed E-state index contributed by atoms with van der Waals surface area (Å²) in [6, 6.07) is 13.2. The van der Waals surface area contributed by atoms with Crippen molar-refractivity contribution in [1.29, 1.82) is 0 Å². The monoisotopic (exact) mass is 378 g/mol. The highest BCUT2D eigenvalue weighted by Crippen LogP contribution is 2.23. The summed E-state index contributed by atoms with van der Waals surface area (Å²) in [7, 11) is 1.77. The Morgan fingerprint density at radius 1 is 1.12 bits per heavy atom.